The number of phenolic OH excluding ortho intramolecular Hbond substituents is 1. The van der Waals surface area contributed by atoms with E-state index in [9.17, 15) is 9.90 Å². The van der Waals surface area contributed by atoms with Crippen molar-refractivity contribution in [2.24, 2.45) is 17.6 Å². The van der Waals surface area contributed by atoms with E-state index < -0.39 is 0 Å². The van der Waals surface area contributed by atoms with Gasteiger partial charge < -0.3 is 36.2 Å². The molecule has 354 valence electrons. The third kappa shape index (κ3) is 10.9. The molecule has 14 heteroatoms. The lowest BCUT2D eigenvalue weighted by Gasteiger charge is -2.41. The lowest BCUT2D eigenvalue weighted by Crippen LogP contribution is -2.49. The Kier molecular flexibility index (Phi) is 14.4. The van der Waals surface area contributed by atoms with Crippen LogP contribution >= 0.6 is 23.4 Å². The SMILES string of the molecule is Cc1cc(O)c(C(=O)N2Cc3ccc(CN4CCC(CN5CCC(CN6CCN(c7cccc(Sc8ncc(N9CCC(C)(N)CC9)nc8N)c7Cl)CC6)CC5)CC4)cc3C2)cc1C(C)C. The average molecular weight is 936 g/mol. The van der Waals surface area contributed by atoms with Gasteiger partial charge in [0.15, 0.2) is 5.82 Å². The highest BCUT2D eigenvalue weighted by molar-refractivity contribution is 7.99. The number of piperazine rings is 1. The standard InChI is InChI=1S/C52H71ClN10O2S/c1-35(2)42-28-43(45(64)26-36(42)3)51(65)63-33-40-9-8-39(27-41(40)34-63)32-59-18-12-37(13-19-59)30-58-16-10-38(11-17-58)31-60-22-24-61(25-23-60)44-6-5-7-46(48(44)53)66-50-49(54)57-47(29-56-50)62-20-14-52(4,55)15-21-62/h5-9,26-29,35,37-38,64H,10-25,30-34,55H2,1-4H3,(H2,54,57). The molecule has 4 fully saturated rings. The molecule has 0 aliphatic carbocycles. The first kappa shape index (κ1) is 47.0. The fraction of sp³-hybridized carbons (Fsp3) is 0.558. The zero-order valence-electron chi connectivity index (χ0n) is 39.7. The van der Waals surface area contributed by atoms with Gasteiger partial charge in [-0.2, -0.15) is 0 Å². The summed E-state index contributed by atoms with van der Waals surface area (Å²) in [6.45, 7) is 23.3. The quantitative estimate of drug-likeness (QED) is 0.126. The molecule has 1 aromatic heterocycles. The van der Waals surface area contributed by atoms with Crippen LogP contribution in [0.5, 0.6) is 5.75 Å². The number of nitrogens with two attached hydrogens (primary N) is 2. The number of phenols is 1. The molecule has 5 aliphatic heterocycles. The summed E-state index contributed by atoms with van der Waals surface area (Å²) in [5.74, 6) is 3.03. The number of benzene rings is 3. The van der Waals surface area contributed by atoms with Gasteiger partial charge in [-0.3, -0.25) is 14.6 Å². The number of anilines is 3. The Labute approximate surface area is 402 Å². The normalized spacial score (nSPS) is 20.4. The summed E-state index contributed by atoms with van der Waals surface area (Å²) in [4.78, 5) is 38.5. The molecule has 1 amide bonds. The maximum Gasteiger partial charge on any atom is 0.258 e. The van der Waals surface area contributed by atoms with E-state index in [4.69, 9.17) is 33.0 Å². The molecule has 4 saturated heterocycles. The van der Waals surface area contributed by atoms with Crippen LogP contribution in [-0.2, 0) is 19.6 Å². The minimum atomic E-state index is -0.125. The van der Waals surface area contributed by atoms with Crippen LogP contribution in [0.3, 0.4) is 0 Å². The average Bonchev–Trinajstić information content (AvgIpc) is 3.73. The monoisotopic (exact) mass is 935 g/mol. The number of aryl methyl sites for hydroxylation is 1. The summed E-state index contributed by atoms with van der Waals surface area (Å²) >= 11 is 8.58. The van der Waals surface area contributed by atoms with Crippen LogP contribution < -0.4 is 21.3 Å². The third-order valence-corrected chi connectivity index (χ3v) is 16.8. The van der Waals surface area contributed by atoms with Crippen molar-refractivity contribution in [2.45, 2.75) is 107 Å². The first-order chi connectivity index (χ1) is 31.7. The number of nitrogens with zero attached hydrogens (tertiary/aromatic N) is 8. The van der Waals surface area contributed by atoms with E-state index in [1.54, 1.807) is 6.07 Å². The summed E-state index contributed by atoms with van der Waals surface area (Å²) in [5.41, 5.74) is 20.0. The zero-order chi connectivity index (χ0) is 46.1. The fourth-order valence-electron chi connectivity index (χ4n) is 11.0. The minimum Gasteiger partial charge on any atom is -0.507 e. The molecule has 6 heterocycles. The molecule has 66 heavy (non-hydrogen) atoms. The second-order valence-electron chi connectivity index (χ2n) is 20.6. The molecular weight excluding hydrogens is 864 g/mol. The summed E-state index contributed by atoms with van der Waals surface area (Å²) in [6, 6.07) is 16.7. The van der Waals surface area contributed by atoms with Gasteiger partial charge in [-0.15, -0.1) is 0 Å². The highest BCUT2D eigenvalue weighted by Crippen LogP contribution is 2.41. The number of carbonyl (C=O) groups excluding carboxylic acids is 1. The Balaban J connectivity index is 0.677. The highest BCUT2D eigenvalue weighted by Gasteiger charge is 2.31. The molecule has 0 unspecified atom stereocenters. The molecule has 5 N–H and O–H groups in total. The second kappa shape index (κ2) is 20.2. The Bertz CT molecular complexity index is 2350. The van der Waals surface area contributed by atoms with Gasteiger partial charge in [-0.25, -0.2) is 9.97 Å². The van der Waals surface area contributed by atoms with Crippen LogP contribution in [0.4, 0.5) is 17.3 Å². The van der Waals surface area contributed by atoms with Gasteiger partial charge >= 0.3 is 0 Å². The number of aromatic nitrogens is 2. The summed E-state index contributed by atoms with van der Waals surface area (Å²) in [7, 11) is 0. The van der Waals surface area contributed by atoms with Crippen molar-refractivity contribution in [3.8, 4) is 5.75 Å². The number of halogens is 1. The Morgan fingerprint density at radius 3 is 2.17 bits per heavy atom. The molecule has 5 aliphatic rings. The number of nitrogen functional groups attached to an aromatic ring is 1. The molecule has 3 aromatic carbocycles. The van der Waals surface area contributed by atoms with Gasteiger partial charge in [0.25, 0.3) is 5.91 Å². The molecule has 0 spiro atoms. The molecule has 0 atom stereocenters. The second-order valence-corrected chi connectivity index (χ2v) is 22.1. The molecule has 4 aromatic rings. The molecule has 0 bridgehead atoms. The summed E-state index contributed by atoms with van der Waals surface area (Å²) < 4.78 is 0. The largest absolute Gasteiger partial charge is 0.507 e. The predicted octanol–water partition coefficient (Wildman–Crippen LogP) is 8.22. The lowest BCUT2D eigenvalue weighted by molar-refractivity contribution is 0.0748. The van der Waals surface area contributed by atoms with Gasteiger partial charge in [0.05, 0.1) is 22.5 Å². The van der Waals surface area contributed by atoms with Gasteiger partial charge in [0.1, 0.15) is 16.6 Å². The van der Waals surface area contributed by atoms with Crippen molar-refractivity contribution < 1.29 is 9.90 Å². The maximum atomic E-state index is 13.6. The van der Waals surface area contributed by atoms with Gasteiger partial charge in [0.2, 0.25) is 0 Å². The van der Waals surface area contributed by atoms with E-state index >= 15 is 0 Å². The first-order valence-electron chi connectivity index (χ1n) is 24.5. The smallest absolute Gasteiger partial charge is 0.258 e. The van der Waals surface area contributed by atoms with Crippen LogP contribution in [0.2, 0.25) is 5.02 Å². The van der Waals surface area contributed by atoms with Gasteiger partial charge in [-0.1, -0.05) is 61.5 Å². The van der Waals surface area contributed by atoms with Crippen LogP contribution in [0.1, 0.15) is 103 Å². The number of amides is 1. The Morgan fingerprint density at radius 1 is 0.848 bits per heavy atom. The van der Waals surface area contributed by atoms with E-state index in [0.29, 0.717) is 29.5 Å². The topological polar surface area (TPSA) is 135 Å². The number of piperidine rings is 3. The van der Waals surface area contributed by atoms with Gasteiger partial charge in [-0.05, 0) is 148 Å². The zero-order valence-corrected chi connectivity index (χ0v) is 41.2. The maximum absolute atomic E-state index is 13.6. The van der Waals surface area contributed by atoms with Crippen molar-refractivity contribution in [1.82, 2.24) is 29.6 Å². The van der Waals surface area contributed by atoms with Crippen LogP contribution in [0, 0.1) is 18.8 Å². The molecule has 12 nitrogen and oxygen atoms in total. The van der Waals surface area contributed by atoms with Crippen molar-refractivity contribution in [3.63, 3.8) is 0 Å². The van der Waals surface area contributed by atoms with Crippen molar-refractivity contribution in [1.29, 1.82) is 0 Å². The number of likely N-dealkylation sites (tertiary alicyclic amines) is 2. The molecular formula is C52H71ClN10O2S. The summed E-state index contributed by atoms with van der Waals surface area (Å²) in [5, 5.41) is 12.1. The van der Waals surface area contributed by atoms with Crippen molar-refractivity contribution in [3.05, 3.63) is 93.1 Å². The number of carbonyl (C=O) groups is 1. The van der Waals surface area contributed by atoms with E-state index in [0.717, 1.165) is 116 Å². The highest BCUT2D eigenvalue weighted by atomic mass is 35.5. The molecule has 0 radical (unpaired) electrons. The van der Waals surface area contributed by atoms with Crippen LogP contribution in [-0.4, -0.2) is 125 Å². The van der Waals surface area contributed by atoms with E-state index in [-0.39, 0.29) is 23.1 Å². The van der Waals surface area contributed by atoms with Gasteiger partial charge in [0, 0.05) is 82.4 Å². The number of hydrogen-bond donors (Lipinski definition) is 3. The number of rotatable bonds is 12. The predicted molar refractivity (Wildman–Crippen MR) is 269 cm³/mol. The number of hydrogen-bond acceptors (Lipinski definition) is 12. The van der Waals surface area contributed by atoms with E-state index in [1.807, 2.05) is 30.2 Å². The Hall–Kier alpha value is -4.11. The molecule has 9 rings (SSSR count). The fourth-order valence-corrected chi connectivity index (χ4v) is 12.2. The number of fused-ring (bicyclic) bond motifs is 1. The van der Waals surface area contributed by atoms with Crippen molar-refractivity contribution in [2.75, 3.05) is 94.1 Å². The summed E-state index contributed by atoms with van der Waals surface area (Å²) in [6.07, 6.45) is 8.74. The molecule has 0 saturated carbocycles. The van der Waals surface area contributed by atoms with Crippen molar-refractivity contribution >= 4 is 46.6 Å². The van der Waals surface area contributed by atoms with E-state index in [1.165, 1.54) is 80.3 Å². The lowest BCUT2D eigenvalue weighted by atomic mass is 9.91. The van der Waals surface area contributed by atoms with Crippen LogP contribution in [0.25, 0.3) is 0 Å². The van der Waals surface area contributed by atoms with E-state index in [2.05, 4.69) is 75.6 Å². The number of aromatic hydroxyl groups is 1. The third-order valence-electron chi connectivity index (χ3n) is 15.2. The minimum absolute atomic E-state index is 0.0736. The Morgan fingerprint density at radius 2 is 1.50 bits per heavy atom. The first-order valence-corrected chi connectivity index (χ1v) is 25.7. The van der Waals surface area contributed by atoms with Crippen LogP contribution in [0.15, 0.2) is 64.6 Å².